The molecule has 0 aliphatic carbocycles. The van der Waals surface area contributed by atoms with Crippen molar-refractivity contribution in [3.05, 3.63) is 34.0 Å². The number of ether oxygens (including phenoxy) is 3. The smallest absolute Gasteiger partial charge is 0.526 e. The quantitative estimate of drug-likeness (QED) is 0.360. The van der Waals surface area contributed by atoms with Crippen LogP contribution >= 0.6 is 23.2 Å². The molecule has 0 unspecified atom stereocenters. The Hall–Kier alpha value is -0.390. The Bertz CT molecular complexity index is 452. The maximum Gasteiger partial charge on any atom is 1.00 e. The zero-order chi connectivity index (χ0) is 13.7. The molecule has 0 heterocycles. The minimum atomic E-state index is -0.0380. The van der Waals surface area contributed by atoms with Gasteiger partial charge in [0.05, 0.1) is 24.3 Å². The Morgan fingerprint density at radius 2 is 1.74 bits per heavy atom. The Labute approximate surface area is 144 Å². The fraction of sp³-hybridized carbons (Fsp3) is 0.250. The third-order valence-corrected chi connectivity index (χ3v) is 3.02. The molecule has 4 nitrogen and oxygen atoms in total. The van der Waals surface area contributed by atoms with Gasteiger partial charge in [0.2, 0.25) is 0 Å². The summed E-state index contributed by atoms with van der Waals surface area (Å²) >= 11 is 12.2. The molecular formula is C12H12Cl2NNaO3. The Morgan fingerprint density at radius 1 is 1.26 bits per heavy atom. The van der Waals surface area contributed by atoms with E-state index in [1.165, 1.54) is 14.2 Å². The van der Waals surface area contributed by atoms with Crippen molar-refractivity contribution < 1.29 is 43.8 Å². The van der Waals surface area contributed by atoms with Gasteiger partial charge in [-0.25, -0.2) is 6.58 Å². The van der Waals surface area contributed by atoms with Crippen LogP contribution in [0.4, 0.5) is 0 Å². The van der Waals surface area contributed by atoms with Crippen LogP contribution in [0.3, 0.4) is 0 Å². The Morgan fingerprint density at radius 3 is 2.11 bits per heavy atom. The standard InChI is InChI=1S/C12H12Cl2NO3.Na/c1-7(5-15)18-6-8-11(13)9(16-2)4-10(17-3)12(8)14;/h1,4-5,15H,6H2,2-3H3;/q-1;+1. The Kier molecular flexibility index (Phi) is 8.54. The largest absolute Gasteiger partial charge is 1.00 e. The van der Waals surface area contributed by atoms with Crippen LogP contribution in [0, 0.1) is 12.0 Å². The molecule has 1 rings (SSSR count). The predicted octanol–water partition coefficient (Wildman–Crippen LogP) is 0.498. The van der Waals surface area contributed by atoms with Gasteiger partial charge in [-0.05, 0) is 5.76 Å². The van der Waals surface area contributed by atoms with E-state index in [9.17, 15) is 0 Å². The number of hydrogen-bond donors (Lipinski definition) is 1. The van der Waals surface area contributed by atoms with Crippen molar-refractivity contribution >= 4 is 29.4 Å². The molecular weight excluding hydrogens is 300 g/mol. The fourth-order valence-electron chi connectivity index (χ4n) is 1.26. The van der Waals surface area contributed by atoms with Crippen molar-refractivity contribution in [3.8, 4) is 11.5 Å². The number of allylic oxidation sites excluding steroid dienone is 1. The summed E-state index contributed by atoms with van der Waals surface area (Å²) in [5.74, 6) is 0.804. The van der Waals surface area contributed by atoms with E-state index in [2.05, 4.69) is 0 Å². The number of hydrogen-bond acceptors (Lipinski definition) is 4. The van der Waals surface area contributed by atoms with Gasteiger partial charge >= 0.3 is 29.6 Å². The van der Waals surface area contributed by atoms with Crippen molar-refractivity contribution in [2.24, 2.45) is 0 Å². The molecule has 0 saturated carbocycles. The maximum absolute atomic E-state index is 6.91. The molecule has 0 aliphatic heterocycles. The summed E-state index contributed by atoms with van der Waals surface area (Å²) in [5.41, 5.74) is 0.485. The van der Waals surface area contributed by atoms with E-state index < -0.39 is 0 Å². The number of nitrogens with one attached hydrogen (secondary N) is 1. The van der Waals surface area contributed by atoms with Gasteiger partial charge in [0.25, 0.3) is 0 Å². The van der Waals surface area contributed by atoms with Gasteiger partial charge < -0.3 is 19.6 Å². The molecule has 0 amide bonds. The molecule has 1 N–H and O–H groups in total. The summed E-state index contributed by atoms with van der Waals surface area (Å²) in [6, 6.07) is 1.58. The van der Waals surface area contributed by atoms with Crippen molar-refractivity contribution in [1.29, 1.82) is 5.41 Å². The van der Waals surface area contributed by atoms with E-state index in [0.717, 1.165) is 6.21 Å². The molecule has 0 saturated heterocycles. The molecule has 1 aromatic rings. The van der Waals surface area contributed by atoms with E-state index in [4.69, 9.17) is 49.4 Å². The van der Waals surface area contributed by atoms with Gasteiger partial charge in [-0.1, -0.05) is 29.4 Å². The van der Waals surface area contributed by atoms with Gasteiger partial charge in [-0.3, -0.25) is 0 Å². The normalized spacial score (nSPS) is 9.26. The SMILES string of the molecule is [CH-]=C(C=N)OCc1c(Cl)c(OC)cc(OC)c1Cl.[Na+]. The zero-order valence-corrected chi connectivity index (χ0v) is 14.4. The minimum Gasteiger partial charge on any atom is -0.526 e. The summed E-state index contributed by atoms with van der Waals surface area (Å²) in [5, 5.41) is 7.55. The molecule has 0 aliphatic rings. The van der Waals surface area contributed by atoms with Crippen LogP contribution in [0.15, 0.2) is 11.8 Å². The number of benzene rings is 1. The summed E-state index contributed by atoms with van der Waals surface area (Å²) in [6.45, 7) is 5.39. The van der Waals surface area contributed by atoms with Gasteiger partial charge in [0.15, 0.2) is 0 Å². The van der Waals surface area contributed by atoms with Crippen molar-refractivity contribution in [3.63, 3.8) is 0 Å². The summed E-state index contributed by atoms with van der Waals surface area (Å²) in [4.78, 5) is 0. The predicted molar refractivity (Wildman–Crippen MR) is 71.0 cm³/mol. The summed E-state index contributed by atoms with van der Waals surface area (Å²) in [6.07, 6.45) is 0.888. The molecule has 0 atom stereocenters. The van der Waals surface area contributed by atoms with Crippen LogP contribution in [0.1, 0.15) is 5.56 Å². The maximum atomic E-state index is 6.91. The summed E-state index contributed by atoms with van der Waals surface area (Å²) in [7, 11) is 2.97. The van der Waals surface area contributed by atoms with Crippen LogP contribution < -0.4 is 39.0 Å². The molecule has 0 fully saturated rings. The second-order valence-corrected chi connectivity index (χ2v) is 3.98. The minimum absolute atomic E-state index is 0. The average molecular weight is 312 g/mol. The third kappa shape index (κ3) is 4.58. The van der Waals surface area contributed by atoms with Crippen LogP contribution in [0.2, 0.25) is 10.0 Å². The van der Waals surface area contributed by atoms with Crippen LogP contribution in [-0.2, 0) is 11.3 Å². The van der Waals surface area contributed by atoms with Gasteiger partial charge in [-0.15, -0.1) is 0 Å². The van der Waals surface area contributed by atoms with Gasteiger partial charge in [-0.2, -0.15) is 0 Å². The van der Waals surface area contributed by atoms with Crippen molar-refractivity contribution in [2.75, 3.05) is 14.2 Å². The molecule has 1 aromatic carbocycles. The zero-order valence-electron chi connectivity index (χ0n) is 10.9. The molecule has 0 spiro atoms. The van der Waals surface area contributed by atoms with Crippen molar-refractivity contribution in [1.82, 2.24) is 0 Å². The van der Waals surface area contributed by atoms with E-state index in [1.807, 2.05) is 0 Å². The van der Waals surface area contributed by atoms with Gasteiger partial charge in [0, 0.05) is 11.6 Å². The molecule has 0 bridgehead atoms. The number of methoxy groups -OCH3 is 2. The first-order valence-corrected chi connectivity index (χ1v) is 5.65. The average Bonchev–Trinajstić information content (AvgIpc) is 2.38. The van der Waals surface area contributed by atoms with E-state index in [1.54, 1.807) is 6.07 Å². The van der Waals surface area contributed by atoms with E-state index in [-0.39, 0.29) is 41.9 Å². The van der Waals surface area contributed by atoms with Crippen LogP contribution in [-0.4, -0.2) is 20.4 Å². The first-order valence-electron chi connectivity index (χ1n) is 4.89. The van der Waals surface area contributed by atoms with Gasteiger partial charge in [0.1, 0.15) is 18.1 Å². The fourth-order valence-corrected chi connectivity index (χ4v) is 1.87. The van der Waals surface area contributed by atoms with E-state index in [0.29, 0.717) is 27.1 Å². The Balaban J connectivity index is 0.00000324. The molecule has 0 aromatic heterocycles. The summed E-state index contributed by atoms with van der Waals surface area (Å²) < 4.78 is 15.3. The number of halogens is 2. The number of rotatable bonds is 6. The first-order chi connectivity index (χ1) is 8.54. The van der Waals surface area contributed by atoms with Crippen LogP contribution in [0.25, 0.3) is 0 Å². The second kappa shape index (κ2) is 8.72. The molecule has 98 valence electrons. The monoisotopic (exact) mass is 311 g/mol. The van der Waals surface area contributed by atoms with Crippen molar-refractivity contribution in [2.45, 2.75) is 6.61 Å². The first kappa shape index (κ1) is 18.6. The topological polar surface area (TPSA) is 51.5 Å². The van der Waals surface area contributed by atoms with E-state index >= 15 is 0 Å². The third-order valence-electron chi connectivity index (χ3n) is 2.19. The molecule has 19 heavy (non-hydrogen) atoms. The molecule has 0 radical (unpaired) electrons. The van der Waals surface area contributed by atoms with Crippen LogP contribution in [0.5, 0.6) is 11.5 Å². The molecule has 7 heteroatoms. The second-order valence-electron chi connectivity index (χ2n) is 3.22.